The van der Waals surface area contributed by atoms with Gasteiger partial charge in [0.05, 0.1) is 11.1 Å². The smallest absolute Gasteiger partial charge is 0.340 e. The lowest BCUT2D eigenvalue weighted by Gasteiger charge is -2.10. The summed E-state index contributed by atoms with van der Waals surface area (Å²) in [4.78, 5) is 27.7. The van der Waals surface area contributed by atoms with Gasteiger partial charge < -0.3 is 10.6 Å². The Labute approximate surface area is 164 Å². The van der Waals surface area contributed by atoms with E-state index in [1.807, 2.05) is 0 Å². The third-order valence-corrected chi connectivity index (χ3v) is 4.06. The Morgan fingerprint density at radius 1 is 0.828 bits per heavy atom. The van der Waals surface area contributed by atoms with Crippen LogP contribution >= 0.6 is 0 Å². The number of Topliss-reactive ketones (excluding diaryl/α,β-unsaturated/α-hetero) is 1. The second-order valence-corrected chi connectivity index (χ2v) is 6.22. The lowest BCUT2D eigenvalue weighted by Crippen LogP contribution is -2.12. The maximum absolute atomic E-state index is 12.6. The van der Waals surface area contributed by atoms with E-state index >= 15 is 0 Å². The first kappa shape index (κ1) is 20.1. The topological polar surface area (TPSA) is 71.1 Å². The summed E-state index contributed by atoms with van der Waals surface area (Å²) in [6.07, 6.45) is -3.04. The van der Waals surface area contributed by atoms with Crippen molar-refractivity contribution in [1.82, 2.24) is 4.98 Å². The summed E-state index contributed by atoms with van der Waals surface area (Å²) in [5, 5.41) is 5.57. The van der Waals surface area contributed by atoms with Crippen LogP contribution in [0.4, 0.5) is 30.4 Å². The lowest BCUT2D eigenvalue weighted by atomic mass is 10.1. The molecule has 0 radical (unpaired) electrons. The van der Waals surface area contributed by atoms with Crippen molar-refractivity contribution in [2.24, 2.45) is 0 Å². The quantitative estimate of drug-likeness (QED) is 0.571. The van der Waals surface area contributed by atoms with Crippen molar-refractivity contribution in [1.29, 1.82) is 0 Å². The average Bonchev–Trinajstić information content (AvgIpc) is 2.68. The third kappa shape index (κ3) is 5.19. The maximum Gasteiger partial charge on any atom is 0.416 e. The number of aromatic nitrogens is 1. The van der Waals surface area contributed by atoms with Gasteiger partial charge in [-0.05, 0) is 67.6 Å². The highest BCUT2D eigenvalue weighted by molar-refractivity contribution is 6.04. The standard InChI is InChI=1S/C21H16F3N3O2/c1-13(28)14-2-7-18(8-3-14)27-20(29)15-4-11-19(25-12-15)26-17-9-5-16(6-10-17)21(22,23)24/h2-12H,1H3,(H,25,26)(H,27,29). The zero-order chi connectivity index (χ0) is 21.0. The molecule has 3 aromatic rings. The highest BCUT2D eigenvalue weighted by atomic mass is 19.4. The second-order valence-electron chi connectivity index (χ2n) is 6.22. The summed E-state index contributed by atoms with van der Waals surface area (Å²) < 4.78 is 37.8. The van der Waals surface area contributed by atoms with Crippen molar-refractivity contribution in [3.8, 4) is 0 Å². The molecule has 1 amide bonds. The molecule has 5 nitrogen and oxygen atoms in total. The van der Waals surface area contributed by atoms with Crippen LogP contribution in [0.5, 0.6) is 0 Å². The monoisotopic (exact) mass is 399 g/mol. The van der Waals surface area contributed by atoms with E-state index in [4.69, 9.17) is 0 Å². The molecule has 1 aromatic heterocycles. The van der Waals surface area contributed by atoms with E-state index in [1.54, 1.807) is 36.4 Å². The van der Waals surface area contributed by atoms with Gasteiger partial charge in [-0.2, -0.15) is 13.2 Å². The van der Waals surface area contributed by atoms with Crippen molar-refractivity contribution < 1.29 is 22.8 Å². The largest absolute Gasteiger partial charge is 0.416 e. The van der Waals surface area contributed by atoms with E-state index in [2.05, 4.69) is 15.6 Å². The van der Waals surface area contributed by atoms with Gasteiger partial charge in [-0.25, -0.2) is 4.98 Å². The van der Waals surface area contributed by atoms with Crippen molar-refractivity contribution in [3.05, 3.63) is 83.6 Å². The number of halogens is 3. The van der Waals surface area contributed by atoms with Gasteiger partial charge in [-0.15, -0.1) is 0 Å². The summed E-state index contributed by atoms with van der Waals surface area (Å²) in [5.41, 5.74) is 1.08. The number of amides is 1. The molecule has 0 fully saturated rings. The highest BCUT2D eigenvalue weighted by Crippen LogP contribution is 2.30. The van der Waals surface area contributed by atoms with Gasteiger partial charge >= 0.3 is 6.18 Å². The van der Waals surface area contributed by atoms with E-state index in [1.165, 1.54) is 25.3 Å². The zero-order valence-corrected chi connectivity index (χ0v) is 15.2. The van der Waals surface area contributed by atoms with E-state index in [0.717, 1.165) is 12.1 Å². The molecule has 0 unspecified atom stereocenters. The zero-order valence-electron chi connectivity index (χ0n) is 15.2. The Hall–Kier alpha value is -3.68. The maximum atomic E-state index is 12.6. The average molecular weight is 399 g/mol. The van der Waals surface area contributed by atoms with Crippen LogP contribution in [-0.4, -0.2) is 16.7 Å². The number of pyridine rings is 1. The molecule has 2 N–H and O–H groups in total. The molecular formula is C21H16F3N3O2. The van der Waals surface area contributed by atoms with Crippen LogP contribution in [0.2, 0.25) is 0 Å². The van der Waals surface area contributed by atoms with Gasteiger partial charge in [0.15, 0.2) is 5.78 Å². The molecule has 0 spiro atoms. The number of hydrogen-bond donors (Lipinski definition) is 2. The van der Waals surface area contributed by atoms with Crippen LogP contribution in [0.15, 0.2) is 66.9 Å². The number of alkyl halides is 3. The Bertz CT molecular complexity index is 1010. The molecule has 0 bridgehead atoms. The van der Waals surface area contributed by atoms with E-state index in [-0.39, 0.29) is 11.7 Å². The molecule has 0 saturated heterocycles. The van der Waals surface area contributed by atoms with Gasteiger partial charge in [0.2, 0.25) is 0 Å². The molecule has 0 aliphatic rings. The molecule has 0 aliphatic heterocycles. The number of rotatable bonds is 5. The van der Waals surface area contributed by atoms with Crippen molar-refractivity contribution in [2.75, 3.05) is 10.6 Å². The normalized spacial score (nSPS) is 11.0. The Balaban J connectivity index is 1.63. The molecule has 0 aliphatic carbocycles. The van der Waals surface area contributed by atoms with Crippen molar-refractivity contribution >= 4 is 28.9 Å². The fourth-order valence-corrected chi connectivity index (χ4v) is 2.48. The minimum absolute atomic E-state index is 0.0665. The number of ketones is 1. The third-order valence-electron chi connectivity index (χ3n) is 4.06. The van der Waals surface area contributed by atoms with Crippen molar-refractivity contribution in [2.45, 2.75) is 13.1 Å². The molecule has 8 heteroatoms. The number of anilines is 3. The Kier molecular flexibility index (Phi) is 5.63. The number of hydrogen-bond acceptors (Lipinski definition) is 4. The fraction of sp³-hybridized carbons (Fsp3) is 0.0952. The van der Waals surface area contributed by atoms with Crippen LogP contribution < -0.4 is 10.6 Å². The predicted octanol–water partition coefficient (Wildman–Crippen LogP) is 5.30. The van der Waals surface area contributed by atoms with Gasteiger partial charge in [-0.3, -0.25) is 9.59 Å². The molecule has 1 heterocycles. The van der Waals surface area contributed by atoms with Gasteiger partial charge in [-0.1, -0.05) is 0 Å². The molecule has 2 aromatic carbocycles. The van der Waals surface area contributed by atoms with Crippen LogP contribution in [0.3, 0.4) is 0 Å². The number of benzene rings is 2. The predicted molar refractivity (Wildman–Crippen MR) is 103 cm³/mol. The molecule has 0 atom stereocenters. The summed E-state index contributed by atoms with van der Waals surface area (Å²) in [6.45, 7) is 1.46. The Morgan fingerprint density at radius 3 is 1.93 bits per heavy atom. The first-order valence-corrected chi connectivity index (χ1v) is 8.55. The molecular weight excluding hydrogens is 383 g/mol. The molecule has 3 rings (SSSR count). The number of nitrogens with zero attached hydrogens (tertiary/aromatic N) is 1. The molecule has 0 saturated carbocycles. The molecule has 29 heavy (non-hydrogen) atoms. The van der Waals surface area contributed by atoms with Crippen LogP contribution in [-0.2, 0) is 6.18 Å². The minimum atomic E-state index is -4.39. The molecule has 148 valence electrons. The van der Waals surface area contributed by atoms with Gasteiger partial charge in [0.25, 0.3) is 5.91 Å². The lowest BCUT2D eigenvalue weighted by molar-refractivity contribution is -0.137. The van der Waals surface area contributed by atoms with E-state index in [9.17, 15) is 22.8 Å². The summed E-state index contributed by atoms with van der Waals surface area (Å²) >= 11 is 0. The van der Waals surface area contributed by atoms with Crippen LogP contribution in [0.1, 0.15) is 33.2 Å². The highest BCUT2D eigenvalue weighted by Gasteiger charge is 2.29. The van der Waals surface area contributed by atoms with Gasteiger partial charge in [0.1, 0.15) is 5.82 Å². The van der Waals surface area contributed by atoms with E-state index < -0.39 is 11.7 Å². The first-order chi connectivity index (χ1) is 13.7. The summed E-state index contributed by atoms with van der Waals surface area (Å²) in [6, 6.07) is 14.1. The van der Waals surface area contributed by atoms with Gasteiger partial charge in [0, 0.05) is 23.1 Å². The van der Waals surface area contributed by atoms with Crippen LogP contribution in [0, 0.1) is 0 Å². The van der Waals surface area contributed by atoms with E-state index in [0.29, 0.717) is 28.3 Å². The first-order valence-electron chi connectivity index (χ1n) is 8.55. The number of nitrogens with one attached hydrogen (secondary N) is 2. The fourth-order valence-electron chi connectivity index (χ4n) is 2.48. The van der Waals surface area contributed by atoms with Crippen molar-refractivity contribution in [3.63, 3.8) is 0 Å². The minimum Gasteiger partial charge on any atom is -0.340 e. The summed E-state index contributed by atoms with van der Waals surface area (Å²) in [5.74, 6) is -0.0653. The Morgan fingerprint density at radius 2 is 1.41 bits per heavy atom. The number of carbonyl (C=O) groups excluding carboxylic acids is 2. The number of carbonyl (C=O) groups is 2. The second kappa shape index (κ2) is 8.14. The van der Waals surface area contributed by atoms with Crippen LogP contribution in [0.25, 0.3) is 0 Å². The SMILES string of the molecule is CC(=O)c1ccc(NC(=O)c2ccc(Nc3ccc(C(F)(F)F)cc3)nc2)cc1. The summed E-state index contributed by atoms with van der Waals surface area (Å²) in [7, 11) is 0.